The monoisotopic (exact) mass is 351 g/mol. The van der Waals surface area contributed by atoms with Crippen molar-refractivity contribution in [1.29, 1.82) is 0 Å². The van der Waals surface area contributed by atoms with Crippen molar-refractivity contribution in [3.8, 4) is 5.75 Å². The zero-order valence-corrected chi connectivity index (χ0v) is 13.8. The van der Waals surface area contributed by atoms with Crippen LogP contribution in [0, 0.1) is 11.6 Å². The standard InChI is InChI=1S/C17H19F2N3O3/c1-24-11-8-12(18)15(13(19)9-11)16(23)20-7-6-14-21-17(25-22-14)10-4-2-3-5-10/h8-10H,2-7H2,1H3,(H,20,23). The van der Waals surface area contributed by atoms with E-state index in [4.69, 9.17) is 9.26 Å². The Balaban J connectivity index is 1.56. The Hall–Kier alpha value is -2.51. The fourth-order valence-corrected chi connectivity index (χ4v) is 2.97. The highest BCUT2D eigenvalue weighted by molar-refractivity contribution is 5.94. The maximum atomic E-state index is 13.9. The molecule has 3 rings (SSSR count). The minimum Gasteiger partial charge on any atom is -0.497 e. The van der Waals surface area contributed by atoms with Crippen LogP contribution in [-0.2, 0) is 6.42 Å². The van der Waals surface area contributed by atoms with Crippen LogP contribution >= 0.6 is 0 Å². The maximum absolute atomic E-state index is 13.9. The molecule has 1 saturated carbocycles. The predicted octanol–water partition coefficient (Wildman–Crippen LogP) is 2.99. The number of methoxy groups -OCH3 is 1. The fourth-order valence-electron chi connectivity index (χ4n) is 2.97. The first-order valence-corrected chi connectivity index (χ1v) is 8.22. The molecule has 134 valence electrons. The zero-order chi connectivity index (χ0) is 17.8. The predicted molar refractivity (Wildman–Crippen MR) is 84.5 cm³/mol. The van der Waals surface area contributed by atoms with Crippen LogP contribution in [0.3, 0.4) is 0 Å². The van der Waals surface area contributed by atoms with Crippen molar-refractivity contribution >= 4 is 5.91 Å². The zero-order valence-electron chi connectivity index (χ0n) is 13.8. The summed E-state index contributed by atoms with van der Waals surface area (Å²) >= 11 is 0. The number of carbonyl (C=O) groups excluding carboxylic acids is 1. The number of nitrogens with zero attached hydrogens (tertiary/aromatic N) is 2. The molecule has 1 fully saturated rings. The molecule has 0 saturated heterocycles. The molecule has 6 nitrogen and oxygen atoms in total. The van der Waals surface area contributed by atoms with Crippen molar-refractivity contribution in [2.75, 3.05) is 13.7 Å². The van der Waals surface area contributed by atoms with Gasteiger partial charge in [0.05, 0.1) is 7.11 Å². The minimum absolute atomic E-state index is 0.0118. The van der Waals surface area contributed by atoms with E-state index >= 15 is 0 Å². The molecule has 1 heterocycles. The summed E-state index contributed by atoms with van der Waals surface area (Å²) in [4.78, 5) is 16.3. The van der Waals surface area contributed by atoms with Crippen LogP contribution in [-0.4, -0.2) is 29.7 Å². The third kappa shape index (κ3) is 3.94. The van der Waals surface area contributed by atoms with Crippen LogP contribution in [0.4, 0.5) is 8.78 Å². The number of benzene rings is 1. The summed E-state index contributed by atoms with van der Waals surface area (Å²) in [6, 6.07) is 1.93. The van der Waals surface area contributed by atoms with Gasteiger partial charge in [0.15, 0.2) is 5.82 Å². The first-order valence-electron chi connectivity index (χ1n) is 8.22. The highest BCUT2D eigenvalue weighted by Crippen LogP contribution is 2.32. The second kappa shape index (κ2) is 7.58. The molecule has 1 aliphatic rings. The topological polar surface area (TPSA) is 77.2 Å². The van der Waals surface area contributed by atoms with E-state index in [-0.39, 0.29) is 12.3 Å². The molecular weight excluding hydrogens is 332 g/mol. The molecular formula is C17H19F2N3O3. The van der Waals surface area contributed by atoms with Gasteiger partial charge >= 0.3 is 0 Å². The van der Waals surface area contributed by atoms with Gasteiger partial charge in [-0.25, -0.2) is 8.78 Å². The number of rotatable bonds is 6. The summed E-state index contributed by atoms with van der Waals surface area (Å²) < 4.78 is 37.7. The van der Waals surface area contributed by atoms with Gasteiger partial charge in [-0.3, -0.25) is 4.79 Å². The summed E-state index contributed by atoms with van der Waals surface area (Å²) in [6.07, 6.45) is 4.75. The van der Waals surface area contributed by atoms with Gasteiger partial charge in [-0.1, -0.05) is 18.0 Å². The molecule has 0 atom stereocenters. The van der Waals surface area contributed by atoms with E-state index in [0.29, 0.717) is 24.1 Å². The number of halogens is 2. The Morgan fingerprint density at radius 2 is 2.00 bits per heavy atom. The van der Waals surface area contributed by atoms with Crippen molar-refractivity contribution in [2.24, 2.45) is 0 Å². The molecule has 1 N–H and O–H groups in total. The van der Waals surface area contributed by atoms with Crippen molar-refractivity contribution in [3.05, 3.63) is 41.0 Å². The lowest BCUT2D eigenvalue weighted by Gasteiger charge is -2.08. The number of carbonyl (C=O) groups is 1. The molecule has 0 aliphatic heterocycles. The van der Waals surface area contributed by atoms with Crippen molar-refractivity contribution in [3.63, 3.8) is 0 Å². The average Bonchev–Trinajstić information content (AvgIpc) is 3.25. The molecule has 1 aromatic carbocycles. The van der Waals surface area contributed by atoms with Crippen LogP contribution < -0.4 is 10.1 Å². The fraction of sp³-hybridized carbons (Fsp3) is 0.471. The molecule has 1 amide bonds. The van der Waals surface area contributed by atoms with E-state index in [1.54, 1.807) is 0 Å². The number of ether oxygens (including phenoxy) is 1. The molecule has 8 heteroatoms. The first-order chi connectivity index (χ1) is 12.1. The summed E-state index contributed by atoms with van der Waals surface area (Å²) in [5.41, 5.74) is -0.638. The second-order valence-corrected chi connectivity index (χ2v) is 6.00. The first kappa shape index (κ1) is 17.3. The van der Waals surface area contributed by atoms with Crippen LogP contribution in [0.15, 0.2) is 16.7 Å². The van der Waals surface area contributed by atoms with Crippen LogP contribution in [0.2, 0.25) is 0 Å². The minimum atomic E-state index is -0.975. The van der Waals surface area contributed by atoms with Crippen LogP contribution in [0.25, 0.3) is 0 Å². The molecule has 0 bridgehead atoms. The van der Waals surface area contributed by atoms with E-state index in [1.807, 2.05) is 0 Å². The van der Waals surface area contributed by atoms with Crippen LogP contribution in [0.5, 0.6) is 5.75 Å². The number of nitrogens with one attached hydrogen (secondary N) is 1. The Bertz CT molecular complexity index is 734. The molecule has 2 aromatic rings. The molecule has 25 heavy (non-hydrogen) atoms. The molecule has 0 unspecified atom stereocenters. The molecule has 0 spiro atoms. The highest BCUT2D eigenvalue weighted by Gasteiger charge is 2.23. The normalized spacial score (nSPS) is 14.7. The number of aromatic nitrogens is 2. The number of hydrogen-bond donors (Lipinski definition) is 1. The van der Waals surface area contributed by atoms with E-state index in [2.05, 4.69) is 15.5 Å². The summed E-state index contributed by atoms with van der Waals surface area (Å²) in [7, 11) is 1.29. The third-order valence-corrected chi connectivity index (χ3v) is 4.30. The summed E-state index contributed by atoms with van der Waals surface area (Å²) in [5.74, 6) is -1.35. The Morgan fingerprint density at radius 1 is 1.32 bits per heavy atom. The van der Waals surface area contributed by atoms with E-state index < -0.39 is 23.1 Å². The Morgan fingerprint density at radius 3 is 2.64 bits per heavy atom. The second-order valence-electron chi connectivity index (χ2n) is 6.00. The Labute approximate surface area is 143 Å². The Kier molecular flexibility index (Phi) is 5.25. The van der Waals surface area contributed by atoms with Crippen molar-refractivity contribution < 1.29 is 22.8 Å². The van der Waals surface area contributed by atoms with Crippen LogP contribution in [0.1, 0.15) is 53.7 Å². The summed E-state index contributed by atoms with van der Waals surface area (Å²) in [5, 5.41) is 6.35. The van der Waals surface area contributed by atoms with Gasteiger partial charge in [0.1, 0.15) is 22.9 Å². The van der Waals surface area contributed by atoms with Gasteiger partial charge in [0, 0.05) is 31.0 Å². The lowest BCUT2D eigenvalue weighted by atomic mass is 10.1. The number of amides is 1. The maximum Gasteiger partial charge on any atom is 0.257 e. The third-order valence-electron chi connectivity index (χ3n) is 4.30. The molecule has 1 aliphatic carbocycles. The van der Waals surface area contributed by atoms with Gasteiger partial charge < -0.3 is 14.6 Å². The quantitative estimate of drug-likeness (QED) is 0.866. The molecule has 0 radical (unpaired) electrons. The SMILES string of the molecule is COc1cc(F)c(C(=O)NCCc2noc(C3CCCC3)n2)c(F)c1. The lowest BCUT2D eigenvalue weighted by molar-refractivity contribution is 0.0945. The van der Waals surface area contributed by atoms with Gasteiger partial charge in [-0.2, -0.15) is 4.98 Å². The van der Waals surface area contributed by atoms with Gasteiger partial charge in [0.25, 0.3) is 5.91 Å². The van der Waals surface area contributed by atoms with Crippen molar-refractivity contribution in [1.82, 2.24) is 15.5 Å². The average molecular weight is 351 g/mol. The van der Waals surface area contributed by atoms with Gasteiger partial charge in [-0.05, 0) is 12.8 Å². The number of hydrogen-bond acceptors (Lipinski definition) is 5. The van der Waals surface area contributed by atoms with Gasteiger partial charge in [-0.15, -0.1) is 0 Å². The van der Waals surface area contributed by atoms with Crippen molar-refractivity contribution in [2.45, 2.75) is 38.0 Å². The van der Waals surface area contributed by atoms with E-state index in [1.165, 1.54) is 7.11 Å². The largest absolute Gasteiger partial charge is 0.497 e. The molecule has 1 aromatic heterocycles. The highest BCUT2D eigenvalue weighted by atomic mass is 19.1. The lowest BCUT2D eigenvalue weighted by Crippen LogP contribution is -2.27. The summed E-state index contributed by atoms with van der Waals surface area (Å²) in [6.45, 7) is 0.146. The smallest absolute Gasteiger partial charge is 0.257 e. The van der Waals surface area contributed by atoms with E-state index in [9.17, 15) is 13.6 Å². The van der Waals surface area contributed by atoms with E-state index in [0.717, 1.165) is 37.8 Å². The van der Waals surface area contributed by atoms with Gasteiger partial charge in [0.2, 0.25) is 5.89 Å².